The molecule has 0 saturated carbocycles. The van der Waals surface area contributed by atoms with Crippen LogP contribution in [0.25, 0.3) is 11.0 Å². The number of nitrogens with one attached hydrogen (secondary N) is 1. The van der Waals surface area contributed by atoms with Crippen molar-refractivity contribution in [1.29, 1.82) is 0 Å². The molecule has 2 rings (SSSR count). The van der Waals surface area contributed by atoms with Crippen molar-refractivity contribution in [3.63, 3.8) is 0 Å². The summed E-state index contributed by atoms with van der Waals surface area (Å²) in [6, 6.07) is 8.56. The maximum Gasteiger partial charge on any atom is 0.220 e. The first-order valence-electron chi connectivity index (χ1n) is 7.97. The molecule has 0 fully saturated rings. The zero-order valence-electron chi connectivity index (χ0n) is 13.7. The van der Waals surface area contributed by atoms with Crippen LogP contribution >= 0.6 is 0 Å². The number of hydrogen-bond acceptors (Lipinski definition) is 3. The van der Waals surface area contributed by atoms with Crippen LogP contribution in [0, 0.1) is 0 Å². The Morgan fingerprint density at radius 1 is 1.32 bits per heavy atom. The average molecular weight is 302 g/mol. The fraction of sp³-hybridized carbons (Fsp3) is 0.529. The third kappa shape index (κ3) is 4.07. The zero-order chi connectivity index (χ0) is 16.1. The number of carbonyl (C=O) groups is 1. The van der Waals surface area contributed by atoms with E-state index in [9.17, 15) is 4.79 Å². The molecule has 1 amide bonds. The molecular formula is C17H26N4O. The molecule has 0 saturated heterocycles. The second kappa shape index (κ2) is 7.40. The quantitative estimate of drug-likeness (QED) is 0.825. The molecule has 3 N–H and O–H groups in total. The largest absolute Gasteiger partial charge is 0.356 e. The molecule has 1 heterocycles. The molecule has 120 valence electrons. The van der Waals surface area contributed by atoms with E-state index >= 15 is 0 Å². The first-order valence-corrected chi connectivity index (χ1v) is 7.97. The lowest BCUT2D eigenvalue weighted by Crippen LogP contribution is -2.28. The molecule has 1 unspecified atom stereocenters. The fourth-order valence-electron chi connectivity index (χ4n) is 2.61. The highest BCUT2D eigenvalue weighted by Crippen LogP contribution is 2.20. The summed E-state index contributed by atoms with van der Waals surface area (Å²) in [6.07, 6.45) is 1.94. The van der Waals surface area contributed by atoms with Gasteiger partial charge in [0.05, 0.1) is 11.0 Å². The molecule has 0 radical (unpaired) electrons. The van der Waals surface area contributed by atoms with Crippen molar-refractivity contribution in [3.05, 3.63) is 30.1 Å². The number of imidazole rings is 1. The Hall–Kier alpha value is -1.88. The van der Waals surface area contributed by atoms with Gasteiger partial charge in [-0.2, -0.15) is 0 Å². The monoisotopic (exact) mass is 302 g/mol. The van der Waals surface area contributed by atoms with Crippen LogP contribution in [0.4, 0.5) is 0 Å². The van der Waals surface area contributed by atoms with Crippen molar-refractivity contribution in [3.8, 4) is 0 Å². The molecular weight excluding hydrogens is 276 g/mol. The Kier molecular flexibility index (Phi) is 5.55. The highest BCUT2D eigenvalue weighted by molar-refractivity contribution is 5.76. The second-order valence-corrected chi connectivity index (χ2v) is 6.10. The maximum absolute atomic E-state index is 11.7. The van der Waals surface area contributed by atoms with E-state index in [1.807, 2.05) is 25.1 Å². The number of para-hydroxylation sites is 2. The van der Waals surface area contributed by atoms with Gasteiger partial charge in [-0.15, -0.1) is 0 Å². The molecule has 0 aliphatic rings. The molecule has 0 aliphatic carbocycles. The highest BCUT2D eigenvalue weighted by Gasteiger charge is 2.13. The minimum absolute atomic E-state index is 0.0597. The predicted octanol–water partition coefficient (Wildman–Crippen LogP) is 2.40. The topological polar surface area (TPSA) is 72.9 Å². The zero-order valence-corrected chi connectivity index (χ0v) is 13.7. The summed E-state index contributed by atoms with van der Waals surface area (Å²) in [5, 5.41) is 2.95. The van der Waals surface area contributed by atoms with Crippen LogP contribution in [0.15, 0.2) is 24.3 Å². The van der Waals surface area contributed by atoms with Crippen molar-refractivity contribution in [2.24, 2.45) is 5.73 Å². The van der Waals surface area contributed by atoms with E-state index in [-0.39, 0.29) is 11.9 Å². The number of aromatic nitrogens is 2. The van der Waals surface area contributed by atoms with Crippen LogP contribution in [-0.4, -0.2) is 28.0 Å². The van der Waals surface area contributed by atoms with E-state index in [2.05, 4.69) is 29.8 Å². The molecule has 0 bridgehead atoms. The van der Waals surface area contributed by atoms with E-state index in [1.54, 1.807) is 0 Å². The summed E-state index contributed by atoms with van der Waals surface area (Å²) >= 11 is 0. The van der Waals surface area contributed by atoms with Crippen LogP contribution in [0.3, 0.4) is 0 Å². The van der Waals surface area contributed by atoms with Gasteiger partial charge in [0.2, 0.25) is 5.91 Å². The minimum Gasteiger partial charge on any atom is -0.356 e. The minimum atomic E-state index is 0.0597. The standard InChI is InChI=1S/C17H26N4O/c1-12(2)21-15-7-5-4-6-14(15)20-16(21)10-11-19-17(22)9-8-13(3)18/h4-7,12-13H,8-11,18H2,1-3H3,(H,19,22). The van der Waals surface area contributed by atoms with Gasteiger partial charge in [0.1, 0.15) is 5.82 Å². The van der Waals surface area contributed by atoms with Crippen molar-refractivity contribution in [1.82, 2.24) is 14.9 Å². The molecule has 1 aromatic heterocycles. The average Bonchev–Trinajstić information content (AvgIpc) is 2.83. The molecule has 22 heavy (non-hydrogen) atoms. The number of nitrogens with zero attached hydrogens (tertiary/aromatic N) is 2. The predicted molar refractivity (Wildman–Crippen MR) is 89.7 cm³/mol. The van der Waals surface area contributed by atoms with Gasteiger partial charge in [-0.3, -0.25) is 4.79 Å². The Bertz CT molecular complexity index is 631. The number of fused-ring (bicyclic) bond motifs is 1. The van der Waals surface area contributed by atoms with Crippen molar-refractivity contribution >= 4 is 16.9 Å². The molecule has 0 aliphatic heterocycles. The van der Waals surface area contributed by atoms with Crippen LogP contribution in [0.5, 0.6) is 0 Å². The first kappa shape index (κ1) is 16.5. The summed E-state index contributed by atoms with van der Waals surface area (Å²) < 4.78 is 2.24. The smallest absolute Gasteiger partial charge is 0.220 e. The van der Waals surface area contributed by atoms with Gasteiger partial charge >= 0.3 is 0 Å². The first-order chi connectivity index (χ1) is 10.5. The Morgan fingerprint density at radius 2 is 2.05 bits per heavy atom. The summed E-state index contributed by atoms with van der Waals surface area (Å²) in [7, 11) is 0. The summed E-state index contributed by atoms with van der Waals surface area (Å²) in [5.41, 5.74) is 7.82. The number of nitrogens with two attached hydrogens (primary N) is 1. The lowest BCUT2D eigenvalue weighted by atomic mass is 10.2. The Balaban J connectivity index is 1.99. The number of benzene rings is 1. The van der Waals surface area contributed by atoms with Crippen molar-refractivity contribution in [2.45, 2.75) is 52.1 Å². The van der Waals surface area contributed by atoms with Crippen LogP contribution in [-0.2, 0) is 11.2 Å². The van der Waals surface area contributed by atoms with E-state index in [1.165, 1.54) is 0 Å². The number of carbonyl (C=O) groups excluding carboxylic acids is 1. The van der Waals surface area contributed by atoms with Gasteiger partial charge in [-0.1, -0.05) is 12.1 Å². The van der Waals surface area contributed by atoms with Gasteiger partial charge in [0.25, 0.3) is 0 Å². The van der Waals surface area contributed by atoms with Crippen LogP contribution in [0.1, 0.15) is 45.5 Å². The van der Waals surface area contributed by atoms with Gasteiger partial charge in [0, 0.05) is 31.5 Å². The third-order valence-corrected chi connectivity index (χ3v) is 3.68. The number of rotatable bonds is 7. The molecule has 5 nitrogen and oxygen atoms in total. The van der Waals surface area contributed by atoms with Crippen LogP contribution < -0.4 is 11.1 Å². The summed E-state index contributed by atoms with van der Waals surface area (Å²) in [5.74, 6) is 1.08. The summed E-state index contributed by atoms with van der Waals surface area (Å²) in [4.78, 5) is 16.4. The molecule has 1 aromatic carbocycles. The molecule has 2 aromatic rings. The highest BCUT2D eigenvalue weighted by atomic mass is 16.1. The van der Waals surface area contributed by atoms with Gasteiger partial charge < -0.3 is 15.6 Å². The maximum atomic E-state index is 11.7. The van der Waals surface area contributed by atoms with E-state index in [0.717, 1.165) is 29.7 Å². The molecule has 5 heteroatoms. The summed E-state index contributed by atoms with van der Waals surface area (Å²) in [6.45, 7) is 6.82. The van der Waals surface area contributed by atoms with Crippen molar-refractivity contribution in [2.75, 3.05) is 6.54 Å². The third-order valence-electron chi connectivity index (χ3n) is 3.68. The molecule has 1 atom stereocenters. The Morgan fingerprint density at radius 3 is 2.73 bits per heavy atom. The van der Waals surface area contributed by atoms with Gasteiger partial charge in [-0.25, -0.2) is 4.98 Å². The lowest BCUT2D eigenvalue weighted by Gasteiger charge is -2.13. The number of amides is 1. The van der Waals surface area contributed by atoms with Gasteiger partial charge in [-0.05, 0) is 39.3 Å². The SMILES string of the molecule is CC(N)CCC(=O)NCCc1nc2ccccc2n1C(C)C. The Labute approximate surface area is 131 Å². The normalized spacial score (nSPS) is 12.8. The van der Waals surface area contributed by atoms with Crippen molar-refractivity contribution < 1.29 is 4.79 Å². The van der Waals surface area contributed by atoms with E-state index in [0.29, 0.717) is 19.0 Å². The van der Waals surface area contributed by atoms with E-state index in [4.69, 9.17) is 10.7 Å². The van der Waals surface area contributed by atoms with E-state index < -0.39 is 0 Å². The van der Waals surface area contributed by atoms with Crippen LogP contribution in [0.2, 0.25) is 0 Å². The second-order valence-electron chi connectivity index (χ2n) is 6.10. The van der Waals surface area contributed by atoms with Gasteiger partial charge in [0.15, 0.2) is 0 Å². The fourth-order valence-corrected chi connectivity index (χ4v) is 2.61. The lowest BCUT2D eigenvalue weighted by molar-refractivity contribution is -0.121. The molecule has 0 spiro atoms. The number of hydrogen-bond donors (Lipinski definition) is 2.